The lowest BCUT2D eigenvalue weighted by molar-refractivity contribution is 0.569. The van der Waals surface area contributed by atoms with Crippen LogP contribution in [0.4, 0.5) is 5.69 Å². The van der Waals surface area contributed by atoms with Gasteiger partial charge in [-0.15, -0.1) is 0 Å². The van der Waals surface area contributed by atoms with Crippen LogP contribution in [0, 0.1) is 5.92 Å². The third-order valence-corrected chi connectivity index (χ3v) is 3.20. The summed E-state index contributed by atoms with van der Waals surface area (Å²) in [4.78, 5) is 0. The molecule has 0 amide bonds. The third-order valence-electron chi connectivity index (χ3n) is 3.20. The number of nitrogens with one attached hydrogen (secondary N) is 2. The van der Waals surface area contributed by atoms with Crippen LogP contribution >= 0.6 is 0 Å². The molecule has 1 atom stereocenters. The Morgan fingerprint density at radius 1 is 0.842 bits per heavy atom. The summed E-state index contributed by atoms with van der Waals surface area (Å²) in [7, 11) is 1.99. The van der Waals surface area contributed by atoms with E-state index in [-0.39, 0.29) is 0 Å². The van der Waals surface area contributed by atoms with E-state index < -0.39 is 0 Å². The first-order chi connectivity index (χ1) is 9.29. The first-order valence-electron chi connectivity index (χ1n) is 6.83. The van der Waals surface area contributed by atoms with E-state index in [1.807, 2.05) is 13.1 Å². The zero-order valence-electron chi connectivity index (χ0n) is 11.7. The van der Waals surface area contributed by atoms with Crippen LogP contribution in [0.25, 0.3) is 11.1 Å². The molecule has 0 aliphatic carbocycles. The maximum Gasteiger partial charge on any atom is 0.0340 e. The number of anilines is 1. The van der Waals surface area contributed by atoms with Gasteiger partial charge in [-0.05, 0) is 42.8 Å². The van der Waals surface area contributed by atoms with Crippen molar-refractivity contribution in [1.82, 2.24) is 5.32 Å². The molecule has 1 unspecified atom stereocenters. The summed E-state index contributed by atoms with van der Waals surface area (Å²) >= 11 is 0. The van der Waals surface area contributed by atoms with Crippen LogP contribution < -0.4 is 10.6 Å². The smallest absolute Gasteiger partial charge is 0.0340 e. The van der Waals surface area contributed by atoms with E-state index in [1.165, 1.54) is 16.8 Å². The molecule has 2 rings (SSSR count). The minimum atomic E-state index is 0.624. The lowest BCUT2D eigenvalue weighted by Gasteiger charge is -2.13. The van der Waals surface area contributed by atoms with Crippen molar-refractivity contribution in [1.29, 1.82) is 0 Å². The van der Waals surface area contributed by atoms with Crippen molar-refractivity contribution in [2.45, 2.75) is 6.92 Å². The van der Waals surface area contributed by atoms with Gasteiger partial charge in [-0.2, -0.15) is 0 Å². The topological polar surface area (TPSA) is 24.1 Å². The molecule has 0 aliphatic heterocycles. The molecule has 0 bridgehead atoms. The van der Waals surface area contributed by atoms with E-state index in [9.17, 15) is 0 Å². The molecule has 19 heavy (non-hydrogen) atoms. The fraction of sp³-hybridized carbons (Fsp3) is 0.294. The minimum absolute atomic E-state index is 0.624. The molecule has 0 fully saturated rings. The fourth-order valence-corrected chi connectivity index (χ4v) is 2.12. The third kappa shape index (κ3) is 4.11. The Morgan fingerprint density at radius 2 is 1.47 bits per heavy atom. The summed E-state index contributed by atoms with van der Waals surface area (Å²) in [6.45, 7) is 4.27. The van der Waals surface area contributed by atoms with Crippen molar-refractivity contribution >= 4 is 5.69 Å². The maximum absolute atomic E-state index is 3.47. The lowest BCUT2D eigenvalue weighted by atomic mass is 10.1. The summed E-state index contributed by atoms with van der Waals surface area (Å²) in [5, 5.41) is 6.66. The van der Waals surface area contributed by atoms with Gasteiger partial charge >= 0.3 is 0 Å². The molecule has 100 valence electrons. The summed E-state index contributed by atoms with van der Waals surface area (Å²) < 4.78 is 0. The van der Waals surface area contributed by atoms with Crippen LogP contribution in [0.3, 0.4) is 0 Å². The molecule has 2 nitrogen and oxygen atoms in total. The molecule has 2 aromatic rings. The quantitative estimate of drug-likeness (QED) is 0.822. The van der Waals surface area contributed by atoms with Crippen molar-refractivity contribution in [2.75, 3.05) is 25.5 Å². The van der Waals surface area contributed by atoms with Crippen molar-refractivity contribution in [2.24, 2.45) is 5.92 Å². The van der Waals surface area contributed by atoms with E-state index >= 15 is 0 Å². The van der Waals surface area contributed by atoms with E-state index in [0.29, 0.717) is 5.92 Å². The Labute approximate surface area is 115 Å². The van der Waals surface area contributed by atoms with Crippen LogP contribution in [0.2, 0.25) is 0 Å². The first-order valence-corrected chi connectivity index (χ1v) is 6.83. The van der Waals surface area contributed by atoms with Crippen molar-refractivity contribution < 1.29 is 0 Å². The summed E-state index contributed by atoms with van der Waals surface area (Å²) in [6.07, 6.45) is 0. The van der Waals surface area contributed by atoms with Crippen LogP contribution in [0.1, 0.15) is 6.92 Å². The highest BCUT2D eigenvalue weighted by atomic mass is 14.9. The predicted octanol–water partition coefficient (Wildman–Crippen LogP) is 3.62. The molecule has 2 heteroatoms. The highest BCUT2D eigenvalue weighted by molar-refractivity contribution is 5.65. The second-order valence-corrected chi connectivity index (χ2v) is 4.99. The van der Waals surface area contributed by atoms with Crippen LogP contribution in [-0.2, 0) is 0 Å². The average Bonchev–Trinajstić information content (AvgIpc) is 2.47. The lowest BCUT2D eigenvalue weighted by Crippen LogP contribution is -2.22. The molecule has 0 aliphatic rings. The van der Waals surface area contributed by atoms with E-state index in [1.54, 1.807) is 0 Å². The van der Waals surface area contributed by atoms with Crippen molar-refractivity contribution in [3.05, 3.63) is 54.6 Å². The Morgan fingerprint density at radius 3 is 2.11 bits per heavy atom. The van der Waals surface area contributed by atoms with Gasteiger partial charge in [0.05, 0.1) is 0 Å². The summed E-state index contributed by atoms with van der Waals surface area (Å²) in [6, 6.07) is 19.1. The molecular formula is C17H22N2. The Hall–Kier alpha value is -1.80. The monoisotopic (exact) mass is 254 g/mol. The molecule has 0 radical (unpaired) electrons. The van der Waals surface area contributed by atoms with Gasteiger partial charge in [-0.1, -0.05) is 49.4 Å². The second-order valence-electron chi connectivity index (χ2n) is 4.99. The average molecular weight is 254 g/mol. The van der Waals surface area contributed by atoms with Crippen molar-refractivity contribution in [3.63, 3.8) is 0 Å². The Balaban J connectivity index is 1.95. The molecule has 0 aromatic heterocycles. The highest BCUT2D eigenvalue weighted by Crippen LogP contribution is 2.20. The van der Waals surface area contributed by atoms with Gasteiger partial charge in [-0.25, -0.2) is 0 Å². The zero-order chi connectivity index (χ0) is 13.5. The molecule has 2 N–H and O–H groups in total. The number of hydrogen-bond acceptors (Lipinski definition) is 2. The number of benzene rings is 2. The summed E-state index contributed by atoms with van der Waals surface area (Å²) in [5.74, 6) is 0.624. The SMILES string of the molecule is CNCC(C)CNc1ccc(-c2ccccc2)cc1. The van der Waals surface area contributed by atoms with Crippen LogP contribution in [0.15, 0.2) is 54.6 Å². The van der Waals surface area contributed by atoms with Crippen LogP contribution in [-0.4, -0.2) is 20.1 Å². The molecule has 0 saturated carbocycles. The molecule has 0 saturated heterocycles. The van der Waals surface area contributed by atoms with Crippen LogP contribution in [0.5, 0.6) is 0 Å². The van der Waals surface area contributed by atoms with Gasteiger partial charge < -0.3 is 10.6 Å². The second kappa shape index (κ2) is 6.95. The van der Waals surface area contributed by atoms with Crippen molar-refractivity contribution in [3.8, 4) is 11.1 Å². The molecule has 2 aromatic carbocycles. The largest absolute Gasteiger partial charge is 0.385 e. The molecular weight excluding hydrogens is 232 g/mol. The van der Waals surface area contributed by atoms with E-state index in [0.717, 1.165) is 13.1 Å². The minimum Gasteiger partial charge on any atom is -0.385 e. The van der Waals surface area contributed by atoms with E-state index in [4.69, 9.17) is 0 Å². The van der Waals surface area contributed by atoms with E-state index in [2.05, 4.69) is 66.1 Å². The maximum atomic E-state index is 3.47. The van der Waals surface area contributed by atoms with Gasteiger partial charge in [-0.3, -0.25) is 0 Å². The molecule has 0 spiro atoms. The van der Waals surface area contributed by atoms with Gasteiger partial charge in [0, 0.05) is 12.2 Å². The normalized spacial score (nSPS) is 12.1. The first kappa shape index (κ1) is 13.6. The summed E-state index contributed by atoms with van der Waals surface area (Å²) in [5.41, 5.74) is 3.70. The zero-order valence-corrected chi connectivity index (χ0v) is 11.7. The Kier molecular flexibility index (Phi) is 4.99. The van der Waals surface area contributed by atoms with Gasteiger partial charge in [0.2, 0.25) is 0 Å². The van der Waals surface area contributed by atoms with Gasteiger partial charge in [0.15, 0.2) is 0 Å². The fourth-order valence-electron chi connectivity index (χ4n) is 2.12. The molecule has 0 heterocycles. The predicted molar refractivity (Wildman–Crippen MR) is 83.5 cm³/mol. The standard InChI is InChI=1S/C17H22N2/c1-14(12-18-2)13-19-17-10-8-16(9-11-17)15-6-4-3-5-7-15/h3-11,14,18-19H,12-13H2,1-2H3. The Bertz CT molecular complexity index is 476. The van der Waals surface area contributed by atoms with Gasteiger partial charge in [0.1, 0.15) is 0 Å². The highest BCUT2D eigenvalue weighted by Gasteiger charge is 2.01. The number of hydrogen-bond donors (Lipinski definition) is 2. The number of rotatable bonds is 6. The van der Waals surface area contributed by atoms with Gasteiger partial charge in [0.25, 0.3) is 0 Å².